The monoisotopic (exact) mass is 391 g/mol. The zero-order chi connectivity index (χ0) is 17.6. The van der Waals surface area contributed by atoms with Crippen molar-refractivity contribution in [1.29, 1.82) is 0 Å². The lowest BCUT2D eigenvalue weighted by Gasteiger charge is -2.26. The molecule has 25 heavy (non-hydrogen) atoms. The van der Waals surface area contributed by atoms with Gasteiger partial charge in [-0.2, -0.15) is 0 Å². The van der Waals surface area contributed by atoms with Crippen molar-refractivity contribution in [3.05, 3.63) is 29.8 Å². The van der Waals surface area contributed by atoms with Gasteiger partial charge in [-0.3, -0.25) is 4.79 Å². The summed E-state index contributed by atoms with van der Waals surface area (Å²) in [5.74, 6) is -0.139. The van der Waals surface area contributed by atoms with Gasteiger partial charge in [0.25, 0.3) is 0 Å². The van der Waals surface area contributed by atoms with Crippen molar-refractivity contribution in [3.63, 3.8) is 0 Å². The van der Waals surface area contributed by atoms with E-state index in [1.54, 1.807) is 24.3 Å². The molecule has 4 N–H and O–H groups in total. The lowest BCUT2D eigenvalue weighted by atomic mass is 9.92. The smallest absolute Gasteiger partial charge is 0.240 e. The summed E-state index contributed by atoms with van der Waals surface area (Å²) in [5.41, 5.74) is 6.95. The first kappa shape index (κ1) is 21.9. The van der Waals surface area contributed by atoms with Crippen molar-refractivity contribution in [1.82, 2.24) is 10.0 Å². The molecule has 1 aliphatic heterocycles. The first-order chi connectivity index (χ1) is 11.4. The van der Waals surface area contributed by atoms with E-state index in [9.17, 15) is 13.2 Å². The molecule has 0 aromatic heterocycles. The fraction of sp³-hybridized carbons (Fsp3) is 0.562. The zero-order valence-corrected chi connectivity index (χ0v) is 15.9. The number of benzene rings is 1. The number of aryl methyl sites for hydroxylation is 1. The number of hydrogen-bond acceptors (Lipinski definition) is 5. The Balaban J connectivity index is 0.00000312. The molecule has 1 saturated heterocycles. The first-order valence-corrected chi connectivity index (χ1v) is 9.56. The molecule has 0 radical (unpaired) electrons. The van der Waals surface area contributed by atoms with Crippen molar-refractivity contribution >= 4 is 28.3 Å². The van der Waals surface area contributed by atoms with E-state index in [0.29, 0.717) is 13.2 Å². The molecule has 1 aromatic rings. The molecule has 2 rings (SSSR count). The van der Waals surface area contributed by atoms with Crippen molar-refractivity contribution in [2.24, 2.45) is 11.7 Å². The van der Waals surface area contributed by atoms with Gasteiger partial charge in [0.05, 0.1) is 10.9 Å². The van der Waals surface area contributed by atoms with Gasteiger partial charge in [0.1, 0.15) is 0 Å². The molecule has 1 unspecified atom stereocenters. The van der Waals surface area contributed by atoms with Gasteiger partial charge in [-0.1, -0.05) is 17.7 Å². The minimum absolute atomic E-state index is 0. The Morgan fingerprint density at radius 2 is 1.84 bits per heavy atom. The van der Waals surface area contributed by atoms with Gasteiger partial charge in [-0.05, 0) is 37.8 Å². The molecule has 0 saturated carbocycles. The summed E-state index contributed by atoms with van der Waals surface area (Å²) in [6.07, 6.45) is 1.54. The van der Waals surface area contributed by atoms with Crippen LogP contribution < -0.4 is 15.8 Å². The van der Waals surface area contributed by atoms with Crippen LogP contribution in [-0.4, -0.2) is 46.7 Å². The van der Waals surface area contributed by atoms with Crippen LogP contribution in [0.5, 0.6) is 0 Å². The van der Waals surface area contributed by atoms with E-state index in [-0.39, 0.29) is 42.2 Å². The molecule has 7 nitrogen and oxygen atoms in total. The number of hydrogen-bond donors (Lipinski definition) is 3. The molecule has 9 heteroatoms. The number of amides is 1. The third-order valence-corrected chi connectivity index (χ3v) is 5.60. The summed E-state index contributed by atoms with van der Waals surface area (Å²) in [4.78, 5) is 12.2. The molecular formula is C16H26ClN3O4S. The maximum Gasteiger partial charge on any atom is 0.240 e. The summed E-state index contributed by atoms with van der Waals surface area (Å²) in [5, 5.41) is 2.68. The third-order valence-electron chi connectivity index (χ3n) is 4.12. The van der Waals surface area contributed by atoms with Crippen LogP contribution in [0.3, 0.4) is 0 Å². The number of carbonyl (C=O) groups is 1. The van der Waals surface area contributed by atoms with E-state index in [1.807, 2.05) is 6.92 Å². The quantitative estimate of drug-likeness (QED) is 0.588. The van der Waals surface area contributed by atoms with Crippen molar-refractivity contribution < 1.29 is 17.9 Å². The van der Waals surface area contributed by atoms with Crippen LogP contribution in [0, 0.1) is 12.8 Å². The molecule has 142 valence electrons. The van der Waals surface area contributed by atoms with Crippen LogP contribution in [0.4, 0.5) is 0 Å². The van der Waals surface area contributed by atoms with Gasteiger partial charge in [0, 0.05) is 26.3 Å². The molecule has 1 fully saturated rings. The summed E-state index contributed by atoms with van der Waals surface area (Å²) >= 11 is 0. The Labute approximate surface area is 155 Å². The Hall–Kier alpha value is -1.19. The fourth-order valence-corrected chi connectivity index (χ4v) is 3.61. The van der Waals surface area contributed by atoms with Crippen LogP contribution >= 0.6 is 12.4 Å². The number of sulfonamides is 1. The minimum Gasteiger partial charge on any atom is -0.381 e. The third kappa shape index (κ3) is 6.56. The molecule has 1 aliphatic rings. The number of carbonyl (C=O) groups excluding carboxylic acids is 1. The average molecular weight is 392 g/mol. The topological polar surface area (TPSA) is 111 Å². The number of ether oxygens (including phenoxy) is 1. The van der Waals surface area contributed by atoms with Crippen molar-refractivity contribution in [2.45, 2.75) is 30.7 Å². The fourth-order valence-electron chi connectivity index (χ4n) is 2.58. The van der Waals surface area contributed by atoms with Crippen LogP contribution in [0.2, 0.25) is 0 Å². The summed E-state index contributed by atoms with van der Waals surface area (Å²) in [6.45, 7) is 3.45. The number of halogens is 1. The Morgan fingerprint density at radius 3 is 2.44 bits per heavy atom. The van der Waals surface area contributed by atoms with Gasteiger partial charge in [0.2, 0.25) is 15.9 Å². The van der Waals surface area contributed by atoms with E-state index >= 15 is 0 Å². The first-order valence-electron chi connectivity index (χ1n) is 8.07. The Bertz CT molecular complexity index is 646. The van der Waals surface area contributed by atoms with E-state index in [2.05, 4.69) is 10.0 Å². The molecular weight excluding hydrogens is 366 g/mol. The molecule has 1 heterocycles. The minimum atomic E-state index is -3.56. The highest BCUT2D eigenvalue weighted by atomic mass is 35.5. The lowest BCUT2D eigenvalue weighted by molar-refractivity contribution is -0.124. The molecule has 0 bridgehead atoms. The molecule has 1 aromatic carbocycles. The van der Waals surface area contributed by atoms with Crippen molar-refractivity contribution in [3.8, 4) is 0 Å². The summed E-state index contributed by atoms with van der Waals surface area (Å²) in [6, 6.07) is 6.00. The van der Waals surface area contributed by atoms with E-state index in [0.717, 1.165) is 18.4 Å². The second-order valence-corrected chi connectivity index (χ2v) is 7.74. The number of nitrogens with one attached hydrogen (secondary N) is 2. The van der Waals surface area contributed by atoms with Crippen LogP contribution in [0.25, 0.3) is 0 Å². The predicted molar refractivity (Wildman–Crippen MR) is 98.1 cm³/mol. The zero-order valence-electron chi connectivity index (χ0n) is 14.2. The van der Waals surface area contributed by atoms with Crippen LogP contribution in [-0.2, 0) is 19.6 Å². The van der Waals surface area contributed by atoms with E-state index in [4.69, 9.17) is 10.5 Å². The molecule has 0 spiro atoms. The maximum atomic E-state index is 12.1. The molecule has 1 atom stereocenters. The SMILES string of the molecule is Cc1ccc(S(=O)(=O)NCCNC(=O)C(N)C2CCOCC2)cc1.Cl. The predicted octanol–water partition coefficient (Wildman–Crippen LogP) is 0.565. The van der Waals surface area contributed by atoms with Gasteiger partial charge in [-0.25, -0.2) is 13.1 Å². The highest BCUT2D eigenvalue weighted by Gasteiger charge is 2.26. The van der Waals surface area contributed by atoms with Gasteiger partial charge in [0.15, 0.2) is 0 Å². The van der Waals surface area contributed by atoms with Crippen LogP contribution in [0.15, 0.2) is 29.2 Å². The number of rotatable bonds is 7. The lowest BCUT2D eigenvalue weighted by Crippen LogP contribution is -2.48. The largest absolute Gasteiger partial charge is 0.381 e. The van der Waals surface area contributed by atoms with Gasteiger partial charge in [-0.15, -0.1) is 12.4 Å². The highest BCUT2D eigenvalue weighted by Crippen LogP contribution is 2.17. The van der Waals surface area contributed by atoms with E-state index in [1.165, 1.54) is 0 Å². The summed E-state index contributed by atoms with van der Waals surface area (Å²) in [7, 11) is -3.56. The standard InChI is InChI=1S/C16H25N3O4S.ClH/c1-12-2-4-14(5-3-12)24(21,22)19-9-8-18-16(20)15(17)13-6-10-23-11-7-13;/h2-5,13,15,19H,6-11,17H2,1H3,(H,18,20);1H. The number of nitrogens with two attached hydrogens (primary N) is 1. The second kappa shape index (κ2) is 10.1. The van der Waals surface area contributed by atoms with Gasteiger partial charge < -0.3 is 15.8 Å². The summed E-state index contributed by atoms with van der Waals surface area (Å²) < 4.78 is 31.9. The second-order valence-electron chi connectivity index (χ2n) is 5.98. The molecule has 1 amide bonds. The van der Waals surface area contributed by atoms with E-state index < -0.39 is 16.1 Å². The van der Waals surface area contributed by atoms with Gasteiger partial charge >= 0.3 is 0 Å². The Morgan fingerprint density at radius 1 is 1.24 bits per heavy atom. The Kier molecular flexibility index (Phi) is 8.81. The highest BCUT2D eigenvalue weighted by molar-refractivity contribution is 7.89. The van der Waals surface area contributed by atoms with Crippen molar-refractivity contribution in [2.75, 3.05) is 26.3 Å². The molecule has 0 aliphatic carbocycles. The maximum absolute atomic E-state index is 12.1. The normalized spacial score (nSPS) is 16.7. The average Bonchev–Trinajstić information content (AvgIpc) is 2.59. The van der Waals surface area contributed by atoms with Crippen LogP contribution in [0.1, 0.15) is 18.4 Å².